The van der Waals surface area contributed by atoms with Crippen molar-refractivity contribution >= 4 is 17.7 Å². The molecule has 2 aromatic heterocycles. The zero-order valence-corrected chi connectivity index (χ0v) is 18.2. The van der Waals surface area contributed by atoms with Gasteiger partial charge in [0.15, 0.2) is 0 Å². The van der Waals surface area contributed by atoms with E-state index in [9.17, 15) is 4.79 Å². The molecule has 0 spiro atoms. The normalized spacial score (nSPS) is 11.2. The molecule has 0 aliphatic rings. The van der Waals surface area contributed by atoms with Gasteiger partial charge in [0.1, 0.15) is 5.65 Å². The summed E-state index contributed by atoms with van der Waals surface area (Å²) in [5.41, 5.74) is 8.23. The number of pyridine rings is 1. The Morgan fingerprint density at radius 2 is 1.45 bits per heavy atom. The van der Waals surface area contributed by atoms with Gasteiger partial charge in [-0.2, -0.15) is 0 Å². The smallest absolute Gasteiger partial charge is 0.330 e. The van der Waals surface area contributed by atoms with E-state index in [2.05, 4.69) is 64.0 Å². The summed E-state index contributed by atoms with van der Waals surface area (Å²) in [5.74, 6) is -0.373. The summed E-state index contributed by atoms with van der Waals surface area (Å²) in [6.45, 7) is 0. The third kappa shape index (κ3) is 4.32. The molecule has 0 fully saturated rings. The lowest BCUT2D eigenvalue weighted by molar-refractivity contribution is -0.134. The number of carbonyl (C=O) groups excluding carboxylic acids is 1. The minimum atomic E-state index is -0.373. The highest BCUT2D eigenvalue weighted by atomic mass is 16.5. The molecule has 0 aliphatic heterocycles. The Labute approximate surface area is 192 Å². The number of esters is 1. The Morgan fingerprint density at radius 1 is 0.788 bits per heavy atom. The zero-order valence-electron chi connectivity index (χ0n) is 18.2. The number of methoxy groups -OCH3 is 1. The number of nitrogens with zero attached hydrogens (tertiary/aromatic N) is 2. The van der Waals surface area contributed by atoms with Crippen LogP contribution in [-0.2, 0) is 9.53 Å². The molecule has 3 aromatic carbocycles. The van der Waals surface area contributed by atoms with E-state index < -0.39 is 0 Å². The second-order valence-electron chi connectivity index (χ2n) is 7.71. The molecule has 0 saturated carbocycles. The average molecular weight is 431 g/mol. The summed E-state index contributed by atoms with van der Waals surface area (Å²) in [6, 6.07) is 30.9. The Morgan fingerprint density at radius 3 is 2.12 bits per heavy atom. The van der Waals surface area contributed by atoms with Gasteiger partial charge in [0.2, 0.25) is 0 Å². The van der Waals surface area contributed by atoms with Gasteiger partial charge in [0, 0.05) is 29.6 Å². The summed E-state index contributed by atoms with van der Waals surface area (Å²) in [5, 5.41) is 0. The summed E-state index contributed by atoms with van der Waals surface area (Å²) >= 11 is 0. The first kappa shape index (κ1) is 20.5. The molecule has 2 heterocycles. The van der Waals surface area contributed by atoms with Crippen molar-refractivity contribution in [3.8, 4) is 33.5 Å². The molecule has 5 aromatic rings. The fourth-order valence-corrected chi connectivity index (χ4v) is 3.85. The lowest BCUT2D eigenvalue weighted by Crippen LogP contribution is -1.93. The van der Waals surface area contributed by atoms with Crippen molar-refractivity contribution in [2.24, 2.45) is 0 Å². The SMILES string of the molecule is COC(=O)C=Cc1ccc(-c2cn3cc(-c4ccccc4)cc(-c4ccccc4)c3n2)cc1. The molecule has 33 heavy (non-hydrogen) atoms. The number of rotatable bonds is 5. The van der Waals surface area contributed by atoms with Gasteiger partial charge in [-0.3, -0.25) is 0 Å². The van der Waals surface area contributed by atoms with Crippen LogP contribution in [-0.4, -0.2) is 22.5 Å². The Bertz CT molecular complexity index is 1430. The molecule has 4 heteroatoms. The summed E-state index contributed by atoms with van der Waals surface area (Å²) in [4.78, 5) is 16.3. The maximum Gasteiger partial charge on any atom is 0.330 e. The van der Waals surface area contributed by atoms with Crippen molar-refractivity contribution < 1.29 is 9.53 Å². The van der Waals surface area contributed by atoms with Crippen LogP contribution in [0.1, 0.15) is 5.56 Å². The fourth-order valence-electron chi connectivity index (χ4n) is 3.85. The van der Waals surface area contributed by atoms with Crippen LogP contribution < -0.4 is 0 Å². The van der Waals surface area contributed by atoms with Crippen LogP contribution in [0.25, 0.3) is 45.2 Å². The monoisotopic (exact) mass is 430 g/mol. The summed E-state index contributed by atoms with van der Waals surface area (Å²) in [7, 11) is 1.37. The molecule has 0 unspecified atom stereocenters. The van der Waals surface area contributed by atoms with Crippen LogP contribution in [0.3, 0.4) is 0 Å². The van der Waals surface area contributed by atoms with Crippen molar-refractivity contribution in [2.75, 3.05) is 7.11 Å². The third-order valence-electron chi connectivity index (χ3n) is 5.56. The van der Waals surface area contributed by atoms with Gasteiger partial charge in [-0.05, 0) is 34.4 Å². The minimum Gasteiger partial charge on any atom is -0.466 e. The summed E-state index contributed by atoms with van der Waals surface area (Å²) in [6.07, 6.45) is 7.34. The molecule has 4 nitrogen and oxygen atoms in total. The van der Waals surface area contributed by atoms with Gasteiger partial charge < -0.3 is 9.14 Å². The van der Waals surface area contributed by atoms with Gasteiger partial charge in [-0.25, -0.2) is 9.78 Å². The molecule has 0 saturated heterocycles. The third-order valence-corrected chi connectivity index (χ3v) is 5.56. The largest absolute Gasteiger partial charge is 0.466 e. The molecule has 160 valence electrons. The molecule has 0 bridgehead atoms. The van der Waals surface area contributed by atoms with Crippen LogP contribution in [0, 0.1) is 0 Å². The van der Waals surface area contributed by atoms with E-state index >= 15 is 0 Å². The molecule has 0 atom stereocenters. The number of ether oxygens (including phenoxy) is 1. The molecular formula is C29H22N2O2. The number of benzene rings is 3. The van der Waals surface area contributed by atoms with Gasteiger partial charge in [-0.1, -0.05) is 84.9 Å². The van der Waals surface area contributed by atoms with E-state index in [4.69, 9.17) is 4.98 Å². The van der Waals surface area contributed by atoms with Crippen LogP contribution in [0.4, 0.5) is 0 Å². The van der Waals surface area contributed by atoms with Gasteiger partial charge in [-0.15, -0.1) is 0 Å². The first-order valence-electron chi connectivity index (χ1n) is 10.7. The van der Waals surface area contributed by atoms with E-state index in [1.807, 2.05) is 48.5 Å². The Hall–Kier alpha value is -4.44. The maximum atomic E-state index is 11.3. The Kier molecular flexibility index (Phi) is 5.56. The fraction of sp³-hybridized carbons (Fsp3) is 0.0345. The molecule has 0 amide bonds. The predicted octanol–water partition coefficient (Wildman–Crippen LogP) is 6.52. The van der Waals surface area contributed by atoms with Crippen LogP contribution in [0.15, 0.2) is 109 Å². The van der Waals surface area contributed by atoms with Gasteiger partial charge in [0.05, 0.1) is 12.8 Å². The van der Waals surface area contributed by atoms with Crippen molar-refractivity contribution in [2.45, 2.75) is 0 Å². The molecule has 0 radical (unpaired) electrons. The van der Waals surface area contributed by atoms with E-state index in [0.717, 1.165) is 44.7 Å². The second-order valence-corrected chi connectivity index (χ2v) is 7.71. The first-order chi connectivity index (χ1) is 16.2. The average Bonchev–Trinajstić information content (AvgIpc) is 3.32. The van der Waals surface area contributed by atoms with Crippen molar-refractivity contribution in [3.05, 3.63) is 115 Å². The quantitative estimate of drug-likeness (QED) is 0.235. The van der Waals surface area contributed by atoms with Crippen LogP contribution in [0.2, 0.25) is 0 Å². The lowest BCUT2D eigenvalue weighted by atomic mass is 10.0. The number of aromatic nitrogens is 2. The molecule has 5 rings (SSSR count). The maximum absolute atomic E-state index is 11.3. The second kappa shape index (κ2) is 8.97. The minimum absolute atomic E-state index is 0.373. The van der Waals surface area contributed by atoms with Crippen molar-refractivity contribution in [3.63, 3.8) is 0 Å². The van der Waals surface area contributed by atoms with Crippen molar-refractivity contribution in [1.82, 2.24) is 9.38 Å². The highest BCUT2D eigenvalue weighted by molar-refractivity contribution is 5.87. The van der Waals surface area contributed by atoms with Crippen LogP contribution >= 0.6 is 0 Å². The Balaban J connectivity index is 1.59. The predicted molar refractivity (Wildman–Crippen MR) is 133 cm³/mol. The topological polar surface area (TPSA) is 43.6 Å². The lowest BCUT2D eigenvalue weighted by Gasteiger charge is -2.09. The van der Waals surface area contributed by atoms with Gasteiger partial charge in [0.25, 0.3) is 0 Å². The van der Waals surface area contributed by atoms with Crippen molar-refractivity contribution in [1.29, 1.82) is 0 Å². The molecule has 0 aliphatic carbocycles. The summed E-state index contributed by atoms with van der Waals surface area (Å²) < 4.78 is 6.75. The molecule has 0 N–H and O–H groups in total. The highest BCUT2D eigenvalue weighted by Gasteiger charge is 2.12. The van der Waals surface area contributed by atoms with E-state index in [-0.39, 0.29) is 5.97 Å². The molecular weight excluding hydrogens is 408 g/mol. The van der Waals surface area contributed by atoms with E-state index in [1.165, 1.54) is 13.2 Å². The van der Waals surface area contributed by atoms with E-state index in [1.54, 1.807) is 6.08 Å². The number of hydrogen-bond donors (Lipinski definition) is 0. The first-order valence-corrected chi connectivity index (χ1v) is 10.7. The number of carbonyl (C=O) groups is 1. The van der Waals surface area contributed by atoms with Gasteiger partial charge >= 0.3 is 5.97 Å². The number of hydrogen-bond acceptors (Lipinski definition) is 3. The zero-order chi connectivity index (χ0) is 22.6. The van der Waals surface area contributed by atoms with E-state index in [0.29, 0.717) is 0 Å². The number of imidazole rings is 1. The highest BCUT2D eigenvalue weighted by Crippen LogP contribution is 2.32. The number of fused-ring (bicyclic) bond motifs is 1. The van der Waals surface area contributed by atoms with Crippen LogP contribution in [0.5, 0.6) is 0 Å². The standard InChI is InChI=1S/C29H22N2O2/c1-33-28(32)17-14-21-12-15-24(16-13-21)27-20-31-19-25(22-8-4-2-5-9-22)18-26(29(31)30-27)23-10-6-3-7-11-23/h2-20H,1H3.